The van der Waals surface area contributed by atoms with Gasteiger partial charge in [-0.1, -0.05) is 6.07 Å². The van der Waals surface area contributed by atoms with Crippen LogP contribution >= 0.6 is 0 Å². The topological polar surface area (TPSA) is 50.4 Å². The lowest BCUT2D eigenvalue weighted by atomic mass is 9.52. The van der Waals surface area contributed by atoms with Gasteiger partial charge in [-0.05, 0) is 57.9 Å². The maximum atomic E-state index is 14.7. The predicted octanol–water partition coefficient (Wildman–Crippen LogP) is 3.71. The highest BCUT2D eigenvalue weighted by Gasteiger charge is 2.61. The van der Waals surface area contributed by atoms with Crippen molar-refractivity contribution in [3.05, 3.63) is 35.4 Å². The fourth-order valence-electron chi connectivity index (χ4n) is 6.30. The molecule has 1 aromatic carbocycles. The number of nitrogens with one attached hydrogen (secondary N) is 2. The highest BCUT2D eigenvalue weighted by molar-refractivity contribution is 5.74. The van der Waals surface area contributed by atoms with Crippen LogP contribution in [0.1, 0.15) is 58.6 Å². The molecule has 2 heterocycles. The number of rotatable bonds is 2. The molecule has 154 valence electrons. The Morgan fingerprint density at radius 3 is 2.64 bits per heavy atom. The monoisotopic (exact) mass is 392 g/mol. The van der Waals surface area contributed by atoms with Gasteiger partial charge in [0.25, 0.3) is 0 Å². The van der Waals surface area contributed by atoms with Gasteiger partial charge < -0.3 is 15.4 Å². The molecule has 0 unspecified atom stereocenters. The molecule has 0 radical (unpaired) electrons. The van der Waals surface area contributed by atoms with E-state index >= 15 is 0 Å². The third-order valence-electron chi connectivity index (χ3n) is 7.48. The second kappa shape index (κ2) is 6.77. The largest absolute Gasteiger partial charge is 0.373 e. The molecule has 2 saturated heterocycles. The number of ether oxygens (including phenoxy) is 1. The minimum absolute atomic E-state index is 0.0400. The van der Waals surface area contributed by atoms with Crippen LogP contribution in [-0.2, 0) is 9.53 Å². The van der Waals surface area contributed by atoms with E-state index in [0.717, 1.165) is 18.9 Å². The first kappa shape index (κ1) is 19.8. The first-order chi connectivity index (χ1) is 13.1. The Kier molecular flexibility index (Phi) is 4.78. The van der Waals surface area contributed by atoms with E-state index in [-0.39, 0.29) is 29.3 Å². The number of halogens is 2. The summed E-state index contributed by atoms with van der Waals surface area (Å²) in [6, 6.07) is 3.92. The van der Waals surface area contributed by atoms with Crippen molar-refractivity contribution >= 4 is 5.91 Å². The summed E-state index contributed by atoms with van der Waals surface area (Å²) in [6.45, 7) is 8.60. The first-order valence-electron chi connectivity index (χ1n) is 10.3. The maximum Gasteiger partial charge on any atom is 0.217 e. The van der Waals surface area contributed by atoms with E-state index in [0.29, 0.717) is 24.5 Å². The van der Waals surface area contributed by atoms with Crippen molar-refractivity contribution in [1.29, 1.82) is 0 Å². The molecule has 28 heavy (non-hydrogen) atoms. The van der Waals surface area contributed by atoms with Gasteiger partial charge in [-0.15, -0.1) is 0 Å². The van der Waals surface area contributed by atoms with Crippen LogP contribution < -0.4 is 10.6 Å². The summed E-state index contributed by atoms with van der Waals surface area (Å²) in [5.41, 5.74) is -0.101. The molecule has 3 aliphatic rings. The number of hydrogen-bond acceptors (Lipinski definition) is 3. The van der Waals surface area contributed by atoms with E-state index in [9.17, 15) is 13.6 Å². The van der Waals surface area contributed by atoms with Crippen molar-refractivity contribution in [1.82, 2.24) is 10.6 Å². The number of carbonyl (C=O) groups excluding carboxylic acids is 1. The molecule has 6 heteroatoms. The molecule has 0 spiro atoms. The third-order valence-corrected chi connectivity index (χ3v) is 7.48. The van der Waals surface area contributed by atoms with E-state index in [4.69, 9.17) is 4.74 Å². The molecule has 2 bridgehead atoms. The van der Waals surface area contributed by atoms with Gasteiger partial charge in [0.1, 0.15) is 11.6 Å². The fourth-order valence-corrected chi connectivity index (χ4v) is 6.30. The second-order valence-electron chi connectivity index (χ2n) is 9.46. The van der Waals surface area contributed by atoms with E-state index in [1.807, 2.05) is 0 Å². The number of carbonyl (C=O) groups is 1. The highest BCUT2D eigenvalue weighted by Crippen LogP contribution is 2.57. The molecule has 2 aliphatic heterocycles. The Hall–Kier alpha value is -1.53. The Balaban J connectivity index is 1.80. The summed E-state index contributed by atoms with van der Waals surface area (Å²) in [7, 11) is 0. The maximum absolute atomic E-state index is 14.7. The summed E-state index contributed by atoms with van der Waals surface area (Å²) >= 11 is 0. The summed E-state index contributed by atoms with van der Waals surface area (Å²) in [5.74, 6) is -0.663. The van der Waals surface area contributed by atoms with Gasteiger partial charge in [-0.25, -0.2) is 8.78 Å². The number of amides is 1. The van der Waals surface area contributed by atoms with Gasteiger partial charge in [0.15, 0.2) is 0 Å². The number of fused-ring (bicyclic) bond motifs is 4. The van der Waals surface area contributed by atoms with Crippen LogP contribution in [0.4, 0.5) is 8.78 Å². The van der Waals surface area contributed by atoms with Crippen molar-refractivity contribution in [2.45, 2.75) is 70.2 Å². The van der Waals surface area contributed by atoms with E-state index in [2.05, 4.69) is 31.4 Å². The summed E-state index contributed by atoms with van der Waals surface area (Å²) in [5, 5.41) is 7.03. The highest BCUT2D eigenvalue weighted by atomic mass is 19.1. The van der Waals surface area contributed by atoms with Crippen molar-refractivity contribution in [2.24, 2.45) is 17.8 Å². The molecule has 4 nitrogen and oxygen atoms in total. The van der Waals surface area contributed by atoms with Gasteiger partial charge in [0.2, 0.25) is 5.91 Å². The third kappa shape index (κ3) is 3.05. The molecule has 0 aromatic heterocycles. The van der Waals surface area contributed by atoms with Gasteiger partial charge in [0.05, 0.1) is 11.6 Å². The summed E-state index contributed by atoms with van der Waals surface area (Å²) < 4.78 is 34.3. The zero-order valence-electron chi connectivity index (χ0n) is 17.0. The van der Waals surface area contributed by atoms with E-state index in [1.54, 1.807) is 6.92 Å². The number of piperidine rings is 1. The summed E-state index contributed by atoms with van der Waals surface area (Å²) in [4.78, 5) is 12.2. The lowest BCUT2D eigenvalue weighted by Crippen LogP contribution is -2.73. The van der Waals surface area contributed by atoms with Crippen molar-refractivity contribution in [2.75, 3.05) is 6.61 Å². The first-order valence-corrected chi connectivity index (χ1v) is 10.3. The number of hydrogen-bond donors (Lipinski definition) is 2. The SMILES string of the molecule is CC(=O)N[C@]12CCO[C@@H](c3ccc(F)cc3F)[C@@H]1C[C@H]1C[C@H]2[C@@H](C)NC1(C)C. The zero-order chi connectivity index (χ0) is 20.3. The molecule has 6 atom stereocenters. The summed E-state index contributed by atoms with van der Waals surface area (Å²) in [6.07, 6.45) is 2.06. The molecular weight excluding hydrogens is 362 g/mol. The Bertz CT molecular complexity index is 784. The molecular formula is C22H30F2N2O2. The number of benzene rings is 1. The van der Waals surface area contributed by atoms with Gasteiger partial charge in [0, 0.05) is 42.7 Å². The Morgan fingerprint density at radius 1 is 1.25 bits per heavy atom. The quantitative estimate of drug-likeness (QED) is 0.807. The minimum Gasteiger partial charge on any atom is -0.373 e. The lowest BCUT2D eigenvalue weighted by molar-refractivity contribution is -0.161. The van der Waals surface area contributed by atoms with Crippen LogP contribution in [0.5, 0.6) is 0 Å². The predicted molar refractivity (Wildman–Crippen MR) is 103 cm³/mol. The van der Waals surface area contributed by atoms with Crippen LogP contribution in [0.2, 0.25) is 0 Å². The van der Waals surface area contributed by atoms with Crippen molar-refractivity contribution in [3.8, 4) is 0 Å². The molecule has 1 saturated carbocycles. The molecule has 1 amide bonds. The molecule has 2 N–H and O–H groups in total. The molecule has 1 aliphatic carbocycles. The smallest absolute Gasteiger partial charge is 0.217 e. The van der Waals surface area contributed by atoms with Gasteiger partial charge >= 0.3 is 0 Å². The molecule has 1 aromatic rings. The van der Waals surface area contributed by atoms with Gasteiger partial charge in [-0.3, -0.25) is 4.79 Å². The van der Waals surface area contributed by atoms with Crippen molar-refractivity contribution in [3.63, 3.8) is 0 Å². The second-order valence-corrected chi connectivity index (χ2v) is 9.46. The lowest BCUT2D eigenvalue weighted by Gasteiger charge is -2.63. The van der Waals surface area contributed by atoms with Crippen molar-refractivity contribution < 1.29 is 18.3 Å². The van der Waals surface area contributed by atoms with E-state index in [1.165, 1.54) is 12.1 Å². The van der Waals surface area contributed by atoms with Crippen LogP contribution in [-0.4, -0.2) is 29.6 Å². The molecule has 3 fully saturated rings. The van der Waals surface area contributed by atoms with E-state index < -0.39 is 23.3 Å². The Labute approximate surface area is 165 Å². The average Bonchev–Trinajstić information content (AvgIpc) is 2.58. The van der Waals surface area contributed by atoms with Crippen LogP contribution in [0.15, 0.2) is 18.2 Å². The average molecular weight is 392 g/mol. The van der Waals surface area contributed by atoms with Crippen LogP contribution in [0, 0.1) is 29.4 Å². The van der Waals surface area contributed by atoms with Crippen LogP contribution in [0.3, 0.4) is 0 Å². The zero-order valence-corrected chi connectivity index (χ0v) is 17.0. The van der Waals surface area contributed by atoms with Crippen LogP contribution in [0.25, 0.3) is 0 Å². The Morgan fingerprint density at radius 2 is 1.96 bits per heavy atom. The standard InChI is InChI=1S/C22H30F2N2O2/c1-12-17-9-14(21(3,4)25-12)10-18-20(16-6-5-15(23)11-19(16)24)28-8-7-22(17,18)26-13(2)27/h5-6,11-12,14,17-18,20,25H,7-10H2,1-4H3,(H,26,27)/t12-,14-,17+,18+,20+,22+/m1/s1. The van der Waals surface area contributed by atoms with Gasteiger partial charge in [-0.2, -0.15) is 0 Å². The minimum atomic E-state index is -0.593. The fraction of sp³-hybridized carbons (Fsp3) is 0.682. The normalized spacial score (nSPS) is 39.1. The molecule has 4 rings (SSSR count).